The number of fused-ring (bicyclic) bond motifs is 1. The minimum absolute atomic E-state index is 0.0501. The van der Waals surface area contributed by atoms with Gasteiger partial charge < -0.3 is 25.0 Å². The Kier molecular flexibility index (Phi) is 6.10. The SMILES string of the molecule is C[C@@H](O)c1nc2cnc(Nc3ccnc(N4CC[C@@H](O)[C@@H](F)C4)n3)cc2n1[C@H](C)C(F)(F)F. The van der Waals surface area contributed by atoms with Gasteiger partial charge >= 0.3 is 6.18 Å². The summed E-state index contributed by atoms with van der Waals surface area (Å²) in [5, 5.41) is 22.5. The van der Waals surface area contributed by atoms with Crippen LogP contribution in [0.25, 0.3) is 11.0 Å². The van der Waals surface area contributed by atoms with Crippen molar-refractivity contribution in [3.63, 3.8) is 0 Å². The van der Waals surface area contributed by atoms with Crippen molar-refractivity contribution in [1.29, 1.82) is 0 Å². The maximum atomic E-state index is 13.9. The molecule has 0 aromatic carbocycles. The summed E-state index contributed by atoms with van der Waals surface area (Å²) in [7, 11) is 0. The van der Waals surface area contributed by atoms with E-state index in [4.69, 9.17) is 0 Å². The third-order valence-electron chi connectivity index (χ3n) is 5.53. The highest BCUT2D eigenvalue weighted by molar-refractivity contribution is 5.79. The zero-order valence-electron chi connectivity index (χ0n) is 17.8. The number of rotatable bonds is 5. The van der Waals surface area contributed by atoms with E-state index in [2.05, 4.69) is 25.3 Å². The number of nitrogens with zero attached hydrogens (tertiary/aromatic N) is 6. The molecule has 3 aromatic rings. The van der Waals surface area contributed by atoms with Gasteiger partial charge in [-0.1, -0.05) is 0 Å². The first-order valence-corrected chi connectivity index (χ1v) is 10.3. The van der Waals surface area contributed by atoms with E-state index < -0.39 is 30.6 Å². The van der Waals surface area contributed by atoms with E-state index in [1.807, 2.05) is 0 Å². The molecule has 4 atom stereocenters. The van der Waals surface area contributed by atoms with Gasteiger partial charge in [0, 0.05) is 18.8 Å². The predicted octanol–water partition coefficient (Wildman–Crippen LogP) is 3.05. The summed E-state index contributed by atoms with van der Waals surface area (Å²) in [5.41, 5.74) is 0.351. The quantitative estimate of drug-likeness (QED) is 0.489. The lowest BCUT2D eigenvalue weighted by molar-refractivity contribution is -0.163. The standard InChI is InChI=1S/C20H23F4N7O2/c1-10(32)18-27-13-8-26-17(7-14(13)31(18)11(2)20(22,23)24)28-16-3-5-25-19(29-16)30-6-4-15(33)12(21)9-30/h3,5,7-8,10-12,15,32-33H,4,6,9H2,1-2H3,(H,25,26,28,29)/t10-,11-,12+,15-/m1/s1. The molecule has 0 amide bonds. The second kappa shape index (κ2) is 8.71. The summed E-state index contributed by atoms with van der Waals surface area (Å²) in [6.45, 7) is 2.67. The molecule has 0 radical (unpaired) electrons. The average molecular weight is 469 g/mol. The first-order valence-electron chi connectivity index (χ1n) is 10.3. The van der Waals surface area contributed by atoms with Crippen LogP contribution in [-0.2, 0) is 0 Å². The van der Waals surface area contributed by atoms with E-state index in [1.54, 1.807) is 4.90 Å². The van der Waals surface area contributed by atoms with Crippen molar-refractivity contribution in [3.8, 4) is 0 Å². The van der Waals surface area contributed by atoms with Crippen LogP contribution in [0.3, 0.4) is 0 Å². The van der Waals surface area contributed by atoms with Crippen LogP contribution in [0.4, 0.5) is 35.1 Å². The largest absolute Gasteiger partial charge is 0.408 e. The fourth-order valence-corrected chi connectivity index (χ4v) is 3.71. The Bertz CT molecular complexity index is 1140. The smallest absolute Gasteiger partial charge is 0.390 e. The molecule has 1 aliphatic heterocycles. The first-order chi connectivity index (χ1) is 15.5. The predicted molar refractivity (Wildman–Crippen MR) is 112 cm³/mol. The average Bonchev–Trinajstić information content (AvgIpc) is 3.13. The Balaban J connectivity index is 1.65. The van der Waals surface area contributed by atoms with E-state index in [-0.39, 0.29) is 41.6 Å². The fourth-order valence-electron chi connectivity index (χ4n) is 3.71. The molecule has 178 valence electrons. The number of aromatic nitrogens is 5. The van der Waals surface area contributed by atoms with Crippen LogP contribution in [0.1, 0.15) is 38.2 Å². The summed E-state index contributed by atoms with van der Waals surface area (Å²) >= 11 is 0. The molecule has 3 aromatic heterocycles. The maximum Gasteiger partial charge on any atom is 0.408 e. The van der Waals surface area contributed by atoms with Crippen molar-refractivity contribution in [2.24, 2.45) is 0 Å². The van der Waals surface area contributed by atoms with Crippen molar-refractivity contribution in [2.45, 2.75) is 50.9 Å². The van der Waals surface area contributed by atoms with Gasteiger partial charge in [-0.05, 0) is 26.3 Å². The fraction of sp³-hybridized carbons (Fsp3) is 0.500. The first kappa shape index (κ1) is 23.1. The second-order valence-electron chi connectivity index (χ2n) is 7.98. The van der Waals surface area contributed by atoms with Gasteiger partial charge in [-0.2, -0.15) is 18.2 Å². The molecule has 3 N–H and O–H groups in total. The zero-order valence-corrected chi connectivity index (χ0v) is 17.8. The Hall–Kier alpha value is -3.06. The van der Waals surface area contributed by atoms with E-state index in [1.165, 1.54) is 31.5 Å². The van der Waals surface area contributed by atoms with Gasteiger partial charge in [0.1, 0.15) is 41.3 Å². The number of hydrogen-bond donors (Lipinski definition) is 3. The van der Waals surface area contributed by atoms with Crippen LogP contribution in [0, 0.1) is 0 Å². The Morgan fingerprint density at radius 2 is 1.94 bits per heavy atom. The molecule has 1 aliphatic rings. The van der Waals surface area contributed by atoms with Crippen LogP contribution >= 0.6 is 0 Å². The van der Waals surface area contributed by atoms with Crippen molar-refractivity contribution < 1.29 is 27.8 Å². The van der Waals surface area contributed by atoms with Gasteiger partial charge in [-0.15, -0.1) is 0 Å². The second-order valence-corrected chi connectivity index (χ2v) is 7.98. The Morgan fingerprint density at radius 1 is 1.18 bits per heavy atom. The third-order valence-corrected chi connectivity index (χ3v) is 5.53. The maximum absolute atomic E-state index is 13.9. The van der Waals surface area contributed by atoms with E-state index in [0.717, 1.165) is 11.5 Å². The lowest BCUT2D eigenvalue weighted by atomic mass is 10.1. The molecule has 1 fully saturated rings. The number of aliphatic hydroxyl groups excluding tert-OH is 2. The summed E-state index contributed by atoms with van der Waals surface area (Å²) < 4.78 is 55.3. The summed E-state index contributed by atoms with van der Waals surface area (Å²) in [6, 6.07) is 1.02. The van der Waals surface area contributed by atoms with Crippen LogP contribution in [0.15, 0.2) is 24.5 Å². The number of aliphatic hydroxyl groups is 2. The number of pyridine rings is 1. The highest BCUT2D eigenvalue weighted by Gasteiger charge is 2.40. The molecule has 33 heavy (non-hydrogen) atoms. The van der Waals surface area contributed by atoms with Crippen molar-refractivity contribution in [1.82, 2.24) is 24.5 Å². The van der Waals surface area contributed by atoms with Gasteiger partial charge in [-0.3, -0.25) is 0 Å². The van der Waals surface area contributed by atoms with Crippen LogP contribution in [0.2, 0.25) is 0 Å². The molecule has 0 aliphatic carbocycles. The number of imidazole rings is 1. The number of alkyl halides is 4. The number of hydrogen-bond acceptors (Lipinski definition) is 8. The van der Waals surface area contributed by atoms with Crippen LogP contribution in [0.5, 0.6) is 0 Å². The zero-order chi connectivity index (χ0) is 23.9. The summed E-state index contributed by atoms with van der Waals surface area (Å²) in [6.07, 6.45) is -5.19. The molecule has 1 saturated heterocycles. The summed E-state index contributed by atoms with van der Waals surface area (Å²) in [5.74, 6) is 0.644. The topological polar surface area (TPSA) is 112 Å². The molecule has 0 saturated carbocycles. The Labute approximate surface area is 186 Å². The molecule has 4 heterocycles. The number of nitrogens with one attached hydrogen (secondary N) is 1. The lowest BCUT2D eigenvalue weighted by Gasteiger charge is -2.32. The van der Waals surface area contributed by atoms with Crippen molar-refractivity contribution in [3.05, 3.63) is 30.4 Å². The van der Waals surface area contributed by atoms with E-state index in [0.29, 0.717) is 12.4 Å². The van der Waals surface area contributed by atoms with E-state index >= 15 is 0 Å². The van der Waals surface area contributed by atoms with Gasteiger partial charge in [0.2, 0.25) is 5.95 Å². The summed E-state index contributed by atoms with van der Waals surface area (Å²) in [4.78, 5) is 18.4. The van der Waals surface area contributed by atoms with Gasteiger partial charge in [0.25, 0.3) is 0 Å². The van der Waals surface area contributed by atoms with Gasteiger partial charge in [-0.25, -0.2) is 19.3 Å². The molecule has 13 heteroatoms. The van der Waals surface area contributed by atoms with Gasteiger partial charge in [0.05, 0.1) is 24.4 Å². The third kappa shape index (κ3) is 4.69. The van der Waals surface area contributed by atoms with Crippen molar-refractivity contribution >= 4 is 28.6 Å². The minimum Gasteiger partial charge on any atom is -0.390 e. The number of halogens is 4. The molecular weight excluding hydrogens is 446 g/mol. The van der Waals surface area contributed by atoms with Crippen LogP contribution in [-0.4, -0.2) is 66.3 Å². The normalized spacial score (nSPS) is 21.3. The highest BCUT2D eigenvalue weighted by atomic mass is 19.4. The Morgan fingerprint density at radius 3 is 2.61 bits per heavy atom. The molecule has 9 nitrogen and oxygen atoms in total. The lowest BCUT2D eigenvalue weighted by Crippen LogP contribution is -2.45. The highest BCUT2D eigenvalue weighted by Crippen LogP contribution is 2.36. The minimum atomic E-state index is -4.55. The molecule has 0 unspecified atom stereocenters. The molecule has 4 rings (SSSR count). The van der Waals surface area contributed by atoms with Crippen LogP contribution < -0.4 is 10.2 Å². The molecule has 0 bridgehead atoms. The monoisotopic (exact) mass is 469 g/mol. The van der Waals surface area contributed by atoms with Crippen molar-refractivity contribution in [2.75, 3.05) is 23.3 Å². The molecule has 0 spiro atoms. The molecular formula is C20H23F4N7O2. The number of piperidine rings is 1. The van der Waals surface area contributed by atoms with Gasteiger partial charge in [0.15, 0.2) is 0 Å². The number of anilines is 3. The van der Waals surface area contributed by atoms with E-state index in [9.17, 15) is 27.8 Å².